The van der Waals surface area contributed by atoms with Crippen LogP contribution in [0.4, 0.5) is 0 Å². The van der Waals surface area contributed by atoms with E-state index in [4.69, 9.17) is 11.6 Å². The van der Waals surface area contributed by atoms with Crippen molar-refractivity contribution in [1.82, 2.24) is 19.5 Å². The highest BCUT2D eigenvalue weighted by molar-refractivity contribution is 7.98. The number of aromatic nitrogens is 4. The molecule has 68 valence electrons. The molecule has 0 N–H and O–H groups in total. The van der Waals surface area contributed by atoms with E-state index in [1.165, 1.54) is 11.8 Å². The van der Waals surface area contributed by atoms with E-state index in [-0.39, 0.29) is 5.28 Å². The summed E-state index contributed by atoms with van der Waals surface area (Å²) in [6.45, 7) is 0. The van der Waals surface area contributed by atoms with Gasteiger partial charge in [-0.25, -0.2) is 9.97 Å². The number of thioether (sulfide) groups is 1. The molecule has 0 saturated heterocycles. The highest BCUT2D eigenvalue weighted by Gasteiger charge is 2.09. The minimum absolute atomic E-state index is 0.264. The Bertz CT molecular complexity index is 453. The van der Waals surface area contributed by atoms with Gasteiger partial charge in [-0.2, -0.15) is 4.98 Å². The first kappa shape index (κ1) is 8.77. The zero-order valence-corrected chi connectivity index (χ0v) is 8.72. The maximum atomic E-state index is 5.75. The van der Waals surface area contributed by atoms with Crippen molar-refractivity contribution in [2.45, 2.75) is 5.03 Å². The third-order valence-electron chi connectivity index (χ3n) is 1.69. The molecule has 0 radical (unpaired) electrons. The van der Waals surface area contributed by atoms with Gasteiger partial charge in [0.2, 0.25) is 5.28 Å². The van der Waals surface area contributed by atoms with Crippen molar-refractivity contribution in [3.05, 3.63) is 11.6 Å². The molecule has 0 fully saturated rings. The predicted molar refractivity (Wildman–Crippen MR) is 53.1 cm³/mol. The Hall–Kier alpha value is -0.810. The average Bonchev–Trinajstić information content (AvgIpc) is 2.47. The second-order valence-electron chi connectivity index (χ2n) is 2.53. The molecular formula is C7H7ClN4S. The minimum atomic E-state index is 0.264. The zero-order valence-electron chi connectivity index (χ0n) is 7.15. The zero-order chi connectivity index (χ0) is 9.42. The van der Waals surface area contributed by atoms with Gasteiger partial charge >= 0.3 is 0 Å². The number of rotatable bonds is 1. The Labute approximate surface area is 84.3 Å². The molecule has 0 amide bonds. The Kier molecular flexibility index (Phi) is 2.13. The third kappa shape index (κ3) is 1.38. The van der Waals surface area contributed by atoms with Crippen molar-refractivity contribution < 1.29 is 0 Å². The van der Waals surface area contributed by atoms with Crippen LogP contribution < -0.4 is 0 Å². The van der Waals surface area contributed by atoms with Gasteiger partial charge in [0.25, 0.3) is 0 Å². The van der Waals surface area contributed by atoms with Gasteiger partial charge in [-0.1, -0.05) is 0 Å². The smallest absolute Gasteiger partial charge is 0.225 e. The van der Waals surface area contributed by atoms with E-state index in [9.17, 15) is 0 Å². The first-order chi connectivity index (χ1) is 6.22. The van der Waals surface area contributed by atoms with E-state index in [0.29, 0.717) is 0 Å². The topological polar surface area (TPSA) is 43.6 Å². The lowest BCUT2D eigenvalue weighted by Gasteiger charge is -1.98. The molecule has 2 aromatic rings. The van der Waals surface area contributed by atoms with E-state index in [1.807, 2.05) is 17.9 Å². The number of nitrogens with zero attached hydrogens (tertiary/aromatic N) is 4. The summed E-state index contributed by atoms with van der Waals surface area (Å²) >= 11 is 7.27. The van der Waals surface area contributed by atoms with Crippen LogP contribution in [0.1, 0.15) is 0 Å². The fourth-order valence-corrected chi connectivity index (χ4v) is 1.83. The summed E-state index contributed by atoms with van der Waals surface area (Å²) in [5.41, 5.74) is 1.57. The highest BCUT2D eigenvalue weighted by atomic mass is 35.5. The lowest BCUT2D eigenvalue weighted by molar-refractivity contribution is 0.925. The van der Waals surface area contributed by atoms with Gasteiger partial charge in [0.1, 0.15) is 10.5 Å². The lowest BCUT2D eigenvalue weighted by atomic mass is 10.5. The van der Waals surface area contributed by atoms with Gasteiger partial charge in [0.15, 0.2) is 5.65 Å². The molecule has 2 rings (SSSR count). The molecule has 0 aliphatic rings. The Morgan fingerprint density at radius 3 is 2.92 bits per heavy atom. The van der Waals surface area contributed by atoms with Crippen LogP contribution >= 0.6 is 23.4 Å². The van der Waals surface area contributed by atoms with Gasteiger partial charge in [-0.3, -0.25) is 0 Å². The van der Waals surface area contributed by atoms with Gasteiger partial charge in [0, 0.05) is 7.05 Å². The Morgan fingerprint density at radius 1 is 1.46 bits per heavy atom. The van der Waals surface area contributed by atoms with Crippen LogP contribution in [-0.4, -0.2) is 25.8 Å². The van der Waals surface area contributed by atoms with Crippen molar-refractivity contribution in [3.63, 3.8) is 0 Å². The third-order valence-corrected chi connectivity index (χ3v) is 2.53. The SMILES string of the molecule is CSc1nc(Cl)nc2c1ncn2C. The number of fused-ring (bicyclic) bond motifs is 1. The van der Waals surface area contributed by atoms with E-state index in [1.54, 1.807) is 6.33 Å². The molecule has 0 saturated carbocycles. The molecule has 13 heavy (non-hydrogen) atoms. The van der Waals surface area contributed by atoms with E-state index in [0.717, 1.165) is 16.2 Å². The van der Waals surface area contributed by atoms with Gasteiger partial charge < -0.3 is 4.57 Å². The largest absolute Gasteiger partial charge is 0.318 e. The number of hydrogen-bond acceptors (Lipinski definition) is 4. The van der Waals surface area contributed by atoms with Gasteiger partial charge in [-0.05, 0) is 17.9 Å². The quantitative estimate of drug-likeness (QED) is 0.412. The molecule has 0 aliphatic heterocycles. The van der Waals surface area contributed by atoms with Crippen LogP contribution in [0.2, 0.25) is 5.28 Å². The fourth-order valence-electron chi connectivity index (χ4n) is 1.10. The molecule has 0 unspecified atom stereocenters. The monoisotopic (exact) mass is 214 g/mol. The fraction of sp³-hybridized carbons (Fsp3) is 0.286. The number of hydrogen-bond donors (Lipinski definition) is 0. The molecule has 0 spiro atoms. The maximum absolute atomic E-state index is 5.75. The summed E-state index contributed by atoms with van der Waals surface area (Å²) in [5.74, 6) is 0. The summed E-state index contributed by atoms with van der Waals surface area (Å²) in [6.07, 6.45) is 3.64. The summed E-state index contributed by atoms with van der Waals surface area (Å²) in [6, 6.07) is 0. The van der Waals surface area contributed by atoms with Crippen LogP contribution in [-0.2, 0) is 7.05 Å². The molecule has 6 heteroatoms. The molecule has 0 atom stereocenters. The molecule has 4 nitrogen and oxygen atoms in total. The normalized spacial score (nSPS) is 11.0. The second kappa shape index (κ2) is 3.16. The molecule has 0 aromatic carbocycles. The van der Waals surface area contributed by atoms with Gasteiger partial charge in [-0.15, -0.1) is 11.8 Å². The second-order valence-corrected chi connectivity index (χ2v) is 3.66. The Morgan fingerprint density at radius 2 is 2.23 bits per heavy atom. The molecule has 2 aromatic heterocycles. The molecule has 0 bridgehead atoms. The van der Waals surface area contributed by atoms with E-state index < -0.39 is 0 Å². The first-order valence-electron chi connectivity index (χ1n) is 3.61. The summed E-state index contributed by atoms with van der Waals surface area (Å²) in [7, 11) is 1.88. The van der Waals surface area contributed by atoms with Crippen LogP contribution in [0.5, 0.6) is 0 Å². The number of imidazole rings is 1. The maximum Gasteiger partial charge on any atom is 0.225 e. The van der Waals surface area contributed by atoms with Crippen LogP contribution in [0.3, 0.4) is 0 Å². The van der Waals surface area contributed by atoms with E-state index in [2.05, 4.69) is 15.0 Å². The molecule has 2 heterocycles. The van der Waals surface area contributed by atoms with Crippen molar-refractivity contribution in [2.24, 2.45) is 7.05 Å². The summed E-state index contributed by atoms with van der Waals surface area (Å²) in [5, 5.41) is 1.08. The predicted octanol–water partition coefficient (Wildman–Crippen LogP) is 1.74. The van der Waals surface area contributed by atoms with E-state index >= 15 is 0 Å². The van der Waals surface area contributed by atoms with Crippen molar-refractivity contribution in [1.29, 1.82) is 0 Å². The highest BCUT2D eigenvalue weighted by Crippen LogP contribution is 2.22. The number of halogens is 1. The summed E-state index contributed by atoms with van der Waals surface area (Å²) < 4.78 is 1.82. The van der Waals surface area contributed by atoms with Crippen molar-refractivity contribution in [3.8, 4) is 0 Å². The van der Waals surface area contributed by atoms with Crippen LogP contribution in [0.25, 0.3) is 11.2 Å². The van der Waals surface area contributed by atoms with Crippen molar-refractivity contribution >= 4 is 34.5 Å². The van der Waals surface area contributed by atoms with Crippen LogP contribution in [0, 0.1) is 0 Å². The van der Waals surface area contributed by atoms with Gasteiger partial charge in [0.05, 0.1) is 6.33 Å². The first-order valence-corrected chi connectivity index (χ1v) is 5.21. The lowest BCUT2D eigenvalue weighted by Crippen LogP contribution is -1.92. The standard InChI is InChI=1S/C7H7ClN4S/c1-12-3-9-4-5(12)10-7(8)11-6(4)13-2/h3H,1-2H3. The molecule has 0 aliphatic carbocycles. The molecular weight excluding hydrogens is 208 g/mol. The number of aryl methyl sites for hydroxylation is 1. The van der Waals surface area contributed by atoms with Crippen molar-refractivity contribution in [2.75, 3.05) is 6.26 Å². The minimum Gasteiger partial charge on any atom is -0.318 e. The average molecular weight is 215 g/mol. The Balaban J connectivity index is 2.84. The summed E-state index contributed by atoms with van der Waals surface area (Å²) in [4.78, 5) is 12.3. The van der Waals surface area contributed by atoms with Crippen LogP contribution in [0.15, 0.2) is 11.4 Å².